The van der Waals surface area contributed by atoms with Crippen molar-refractivity contribution < 1.29 is 15.3 Å². The highest BCUT2D eigenvalue weighted by Crippen LogP contribution is 1.97. The SMILES string of the molecule is C[C@@H](O)CNCC(C)(O)CO. The van der Waals surface area contributed by atoms with Gasteiger partial charge in [-0.2, -0.15) is 0 Å². The smallest absolute Gasteiger partial charge is 0.0972 e. The van der Waals surface area contributed by atoms with Crippen molar-refractivity contribution in [3.63, 3.8) is 0 Å². The zero-order valence-electron chi connectivity index (χ0n) is 7.04. The van der Waals surface area contributed by atoms with Crippen molar-refractivity contribution in [3.8, 4) is 0 Å². The first-order valence-electron chi connectivity index (χ1n) is 3.70. The predicted octanol–water partition coefficient (Wildman–Crippen LogP) is -1.30. The van der Waals surface area contributed by atoms with Gasteiger partial charge in [-0.05, 0) is 13.8 Å². The van der Waals surface area contributed by atoms with Gasteiger partial charge < -0.3 is 20.6 Å². The maximum Gasteiger partial charge on any atom is 0.0972 e. The molecule has 68 valence electrons. The minimum Gasteiger partial charge on any atom is -0.393 e. The molecule has 0 aliphatic rings. The molecule has 0 aromatic heterocycles. The van der Waals surface area contributed by atoms with E-state index in [0.717, 1.165) is 0 Å². The van der Waals surface area contributed by atoms with Crippen molar-refractivity contribution in [3.05, 3.63) is 0 Å². The van der Waals surface area contributed by atoms with E-state index in [1.807, 2.05) is 0 Å². The molecule has 4 heteroatoms. The number of aliphatic hydroxyl groups is 3. The highest BCUT2D eigenvalue weighted by Gasteiger charge is 2.17. The molecule has 2 atom stereocenters. The summed E-state index contributed by atoms with van der Waals surface area (Å²) in [6.45, 7) is 3.62. The van der Waals surface area contributed by atoms with E-state index < -0.39 is 11.7 Å². The molecule has 0 fully saturated rings. The quantitative estimate of drug-likeness (QED) is 0.406. The summed E-state index contributed by atoms with van der Waals surface area (Å²) in [4.78, 5) is 0. The first-order valence-corrected chi connectivity index (χ1v) is 3.70. The molecule has 4 N–H and O–H groups in total. The van der Waals surface area contributed by atoms with Crippen LogP contribution in [0.3, 0.4) is 0 Å². The van der Waals surface area contributed by atoms with Crippen molar-refractivity contribution in [2.75, 3.05) is 19.7 Å². The summed E-state index contributed by atoms with van der Waals surface area (Å²) in [5.41, 5.74) is -1.09. The van der Waals surface area contributed by atoms with Gasteiger partial charge in [-0.25, -0.2) is 0 Å². The van der Waals surface area contributed by atoms with Gasteiger partial charge >= 0.3 is 0 Å². The highest BCUT2D eigenvalue weighted by atomic mass is 16.3. The lowest BCUT2D eigenvalue weighted by Crippen LogP contribution is -2.42. The Hall–Kier alpha value is -0.160. The van der Waals surface area contributed by atoms with Crippen LogP contribution in [0.15, 0.2) is 0 Å². The average molecular weight is 163 g/mol. The lowest BCUT2D eigenvalue weighted by molar-refractivity contribution is 0.00112. The van der Waals surface area contributed by atoms with Crippen LogP contribution >= 0.6 is 0 Å². The van der Waals surface area contributed by atoms with Crippen molar-refractivity contribution >= 4 is 0 Å². The van der Waals surface area contributed by atoms with E-state index in [1.165, 1.54) is 6.92 Å². The summed E-state index contributed by atoms with van der Waals surface area (Å²) in [5, 5.41) is 29.5. The van der Waals surface area contributed by atoms with Crippen LogP contribution in [0.4, 0.5) is 0 Å². The third-order valence-corrected chi connectivity index (χ3v) is 1.29. The number of hydrogen-bond acceptors (Lipinski definition) is 4. The number of aliphatic hydroxyl groups excluding tert-OH is 2. The fourth-order valence-corrected chi connectivity index (χ4v) is 0.606. The molecule has 0 amide bonds. The second-order valence-electron chi connectivity index (χ2n) is 3.13. The Kier molecular flexibility index (Phi) is 4.60. The van der Waals surface area contributed by atoms with Crippen LogP contribution in [-0.2, 0) is 0 Å². The highest BCUT2D eigenvalue weighted by molar-refractivity contribution is 4.74. The lowest BCUT2D eigenvalue weighted by atomic mass is 10.1. The fourth-order valence-electron chi connectivity index (χ4n) is 0.606. The molecule has 0 spiro atoms. The van der Waals surface area contributed by atoms with E-state index in [0.29, 0.717) is 6.54 Å². The van der Waals surface area contributed by atoms with Gasteiger partial charge in [0, 0.05) is 13.1 Å². The topological polar surface area (TPSA) is 72.7 Å². The number of hydrogen-bond donors (Lipinski definition) is 4. The first-order chi connectivity index (χ1) is 4.98. The van der Waals surface area contributed by atoms with E-state index in [9.17, 15) is 5.11 Å². The molecule has 4 nitrogen and oxygen atoms in total. The van der Waals surface area contributed by atoms with Gasteiger partial charge in [0.15, 0.2) is 0 Å². The van der Waals surface area contributed by atoms with Crippen LogP contribution < -0.4 is 5.32 Å². The second kappa shape index (κ2) is 4.66. The molecule has 0 heterocycles. The summed E-state index contributed by atoms with van der Waals surface area (Å²) in [5.74, 6) is 0. The van der Waals surface area contributed by atoms with Gasteiger partial charge in [0.25, 0.3) is 0 Å². The molecule has 0 saturated heterocycles. The second-order valence-corrected chi connectivity index (χ2v) is 3.13. The van der Waals surface area contributed by atoms with Crippen LogP contribution in [0.5, 0.6) is 0 Å². The Morgan fingerprint density at radius 3 is 2.45 bits per heavy atom. The Balaban J connectivity index is 3.38. The monoisotopic (exact) mass is 163 g/mol. The fraction of sp³-hybridized carbons (Fsp3) is 1.00. The number of nitrogens with one attached hydrogen (secondary N) is 1. The van der Waals surface area contributed by atoms with Gasteiger partial charge in [0.05, 0.1) is 18.3 Å². The van der Waals surface area contributed by atoms with Crippen LogP contribution in [0.1, 0.15) is 13.8 Å². The van der Waals surface area contributed by atoms with Gasteiger partial charge in [-0.1, -0.05) is 0 Å². The Morgan fingerprint density at radius 1 is 1.55 bits per heavy atom. The summed E-state index contributed by atoms with van der Waals surface area (Å²) in [6, 6.07) is 0. The third-order valence-electron chi connectivity index (χ3n) is 1.29. The van der Waals surface area contributed by atoms with E-state index in [1.54, 1.807) is 6.92 Å². The zero-order valence-corrected chi connectivity index (χ0v) is 7.04. The molecular formula is C7H17NO3. The van der Waals surface area contributed by atoms with E-state index in [2.05, 4.69) is 5.32 Å². The standard InChI is InChI=1S/C7H17NO3/c1-6(10)3-8-4-7(2,11)5-9/h6,8-11H,3-5H2,1-2H3/t6-,7?/m1/s1. The normalized spacial score (nSPS) is 19.4. The maximum atomic E-state index is 9.24. The molecular weight excluding hydrogens is 146 g/mol. The minimum absolute atomic E-state index is 0.278. The van der Waals surface area contributed by atoms with E-state index in [-0.39, 0.29) is 13.2 Å². The maximum absolute atomic E-state index is 9.24. The summed E-state index contributed by atoms with van der Waals surface area (Å²) in [6.07, 6.45) is -0.426. The van der Waals surface area contributed by atoms with Gasteiger partial charge in [0.2, 0.25) is 0 Å². The molecule has 11 heavy (non-hydrogen) atoms. The lowest BCUT2D eigenvalue weighted by Gasteiger charge is -2.21. The minimum atomic E-state index is -1.09. The Morgan fingerprint density at radius 2 is 2.09 bits per heavy atom. The molecule has 0 aliphatic heterocycles. The average Bonchev–Trinajstić information content (AvgIpc) is 1.87. The first kappa shape index (κ1) is 10.8. The van der Waals surface area contributed by atoms with Crippen molar-refractivity contribution in [1.82, 2.24) is 5.32 Å². The molecule has 1 unspecified atom stereocenters. The zero-order chi connectivity index (χ0) is 8.91. The van der Waals surface area contributed by atoms with E-state index >= 15 is 0 Å². The van der Waals surface area contributed by atoms with Crippen LogP contribution in [-0.4, -0.2) is 46.7 Å². The van der Waals surface area contributed by atoms with Crippen molar-refractivity contribution in [2.24, 2.45) is 0 Å². The van der Waals surface area contributed by atoms with E-state index in [4.69, 9.17) is 10.2 Å². The molecule has 0 rings (SSSR count). The molecule has 0 bridgehead atoms. The molecule has 0 saturated carbocycles. The molecule has 0 aromatic carbocycles. The largest absolute Gasteiger partial charge is 0.393 e. The summed E-state index contributed by atoms with van der Waals surface area (Å²) >= 11 is 0. The number of rotatable bonds is 5. The molecule has 0 aromatic rings. The van der Waals surface area contributed by atoms with Gasteiger partial charge in [-0.15, -0.1) is 0 Å². The third kappa shape index (κ3) is 6.25. The molecule has 0 aliphatic carbocycles. The van der Waals surface area contributed by atoms with Crippen molar-refractivity contribution in [2.45, 2.75) is 25.6 Å². The predicted molar refractivity (Wildman–Crippen MR) is 42.3 cm³/mol. The van der Waals surface area contributed by atoms with Crippen LogP contribution in [0.2, 0.25) is 0 Å². The molecule has 0 radical (unpaired) electrons. The Bertz CT molecular complexity index is 104. The van der Waals surface area contributed by atoms with Crippen LogP contribution in [0.25, 0.3) is 0 Å². The van der Waals surface area contributed by atoms with Crippen LogP contribution in [0, 0.1) is 0 Å². The summed E-state index contributed by atoms with van der Waals surface area (Å²) in [7, 11) is 0. The van der Waals surface area contributed by atoms with Gasteiger partial charge in [-0.3, -0.25) is 0 Å². The summed E-state index contributed by atoms with van der Waals surface area (Å²) < 4.78 is 0. The Labute approximate surface area is 66.9 Å². The van der Waals surface area contributed by atoms with Crippen molar-refractivity contribution in [1.29, 1.82) is 0 Å². The van der Waals surface area contributed by atoms with Gasteiger partial charge in [0.1, 0.15) is 0 Å².